The molecular weight excluding hydrogens is 1000 g/mol. The van der Waals surface area contributed by atoms with Gasteiger partial charge in [-0.3, -0.25) is 28.9 Å². The van der Waals surface area contributed by atoms with Gasteiger partial charge in [0.05, 0.1) is 51.6 Å². The predicted octanol–water partition coefficient (Wildman–Crippen LogP) is 4.47. The lowest BCUT2D eigenvalue weighted by Gasteiger charge is -2.46. The largest absolute Gasteiger partial charge is 0.491 e. The number of methoxy groups -OCH3 is 3. The highest BCUT2D eigenvalue weighted by Crippen LogP contribution is 2.67. The lowest BCUT2D eigenvalue weighted by Crippen LogP contribution is -2.60. The molecule has 4 aliphatic rings. The summed E-state index contributed by atoms with van der Waals surface area (Å²) in [5, 5.41) is 13.0. The molecule has 0 radical (unpaired) electrons. The van der Waals surface area contributed by atoms with Crippen LogP contribution < -0.4 is 19.9 Å². The van der Waals surface area contributed by atoms with E-state index in [0.29, 0.717) is 22.6 Å². The van der Waals surface area contributed by atoms with Gasteiger partial charge in [0.25, 0.3) is 0 Å². The van der Waals surface area contributed by atoms with E-state index in [9.17, 15) is 19.5 Å². The van der Waals surface area contributed by atoms with E-state index in [2.05, 4.69) is 27.1 Å². The van der Waals surface area contributed by atoms with E-state index >= 15 is 19.2 Å². The lowest BCUT2D eigenvalue weighted by molar-refractivity contribution is -0.179. The van der Waals surface area contributed by atoms with Gasteiger partial charge >= 0.3 is 29.9 Å². The molecule has 1 spiro atoms. The average molecular weight is 1060 g/mol. The van der Waals surface area contributed by atoms with Crippen LogP contribution in [0.1, 0.15) is 66.3 Å². The number of piperazine rings is 1. The fourth-order valence-electron chi connectivity index (χ4n) is 11.3. The number of nitrogens with one attached hydrogen (secondary N) is 1. The van der Waals surface area contributed by atoms with Gasteiger partial charge in [0.1, 0.15) is 36.0 Å². The number of esters is 4. The summed E-state index contributed by atoms with van der Waals surface area (Å²) >= 11 is 0. The zero-order chi connectivity index (χ0) is 55.3. The smallest absolute Gasteiger partial charge is 0.329 e. The van der Waals surface area contributed by atoms with E-state index in [4.69, 9.17) is 23.7 Å². The van der Waals surface area contributed by atoms with Crippen LogP contribution in [0.2, 0.25) is 0 Å². The Morgan fingerprint density at radius 2 is 1.41 bits per heavy atom. The van der Waals surface area contributed by atoms with Crippen molar-refractivity contribution in [3.05, 3.63) is 149 Å². The van der Waals surface area contributed by atoms with Crippen LogP contribution in [-0.4, -0.2) is 139 Å². The van der Waals surface area contributed by atoms with Crippen LogP contribution in [0.4, 0.5) is 16.4 Å². The number of imide groups is 1. The number of fused-ring (bicyclic) bond motifs is 3. The molecule has 5 heterocycles. The first-order valence-corrected chi connectivity index (χ1v) is 25.5. The fraction of sp³-hybridized carbons (Fsp3) is 0.362. The molecule has 4 amide bonds. The number of cyclic esters (lactones) is 1. The predicted molar refractivity (Wildman–Crippen MR) is 280 cm³/mol. The topological polar surface area (TPSA) is 237 Å². The highest BCUT2D eigenvalue weighted by molar-refractivity contribution is 6.25. The summed E-state index contributed by atoms with van der Waals surface area (Å²) in [5.74, 6) is -1.91. The second-order valence-corrected chi connectivity index (χ2v) is 19.4. The number of hydrogen-bond donors (Lipinski definition) is 2. The molecule has 4 aliphatic heterocycles. The Balaban J connectivity index is 1.35. The number of ether oxygens (including phenoxy) is 5. The molecule has 3 saturated heterocycles. The highest BCUT2D eigenvalue weighted by atomic mass is 16.6. The summed E-state index contributed by atoms with van der Waals surface area (Å²) in [6.07, 6.45) is 1.87. The van der Waals surface area contributed by atoms with Crippen molar-refractivity contribution < 1.29 is 62.4 Å². The third-order valence-corrected chi connectivity index (χ3v) is 14.8. The summed E-state index contributed by atoms with van der Waals surface area (Å²) in [7, 11) is 3.44. The first kappa shape index (κ1) is 54.1. The van der Waals surface area contributed by atoms with E-state index in [1.807, 2.05) is 70.5 Å². The summed E-state index contributed by atoms with van der Waals surface area (Å²) in [4.78, 5) is 119. The number of aliphatic hydroxyl groups is 1. The maximum absolute atomic E-state index is 17.0. The van der Waals surface area contributed by atoms with Crippen LogP contribution in [0, 0.1) is 29.6 Å². The number of carbonyl (C=O) groups excluding carboxylic acids is 7. The highest BCUT2D eigenvalue weighted by Gasteiger charge is 2.76. The van der Waals surface area contributed by atoms with Crippen LogP contribution in [0.5, 0.6) is 5.75 Å². The Morgan fingerprint density at radius 1 is 0.782 bits per heavy atom. The molecule has 0 unspecified atom stereocenters. The van der Waals surface area contributed by atoms with Crippen LogP contribution in [0.25, 0.3) is 0 Å². The van der Waals surface area contributed by atoms with E-state index in [1.54, 1.807) is 67.5 Å². The maximum Gasteiger partial charge on any atom is 0.329 e. The van der Waals surface area contributed by atoms with Crippen molar-refractivity contribution in [2.75, 3.05) is 70.5 Å². The van der Waals surface area contributed by atoms with Crippen LogP contribution in [-0.2, 0) is 53.1 Å². The molecule has 2 N–H and O–H groups in total. The molecule has 20 heteroatoms. The van der Waals surface area contributed by atoms with Gasteiger partial charge in [-0.2, -0.15) is 0 Å². The van der Waals surface area contributed by atoms with Crippen molar-refractivity contribution in [2.24, 2.45) is 17.8 Å². The van der Waals surface area contributed by atoms with Crippen molar-refractivity contribution in [3.63, 3.8) is 0 Å². The van der Waals surface area contributed by atoms with Crippen molar-refractivity contribution >= 4 is 53.4 Å². The van der Waals surface area contributed by atoms with Crippen LogP contribution in [0.15, 0.2) is 122 Å². The number of benzene rings is 4. The molecule has 0 aliphatic carbocycles. The maximum atomic E-state index is 17.0. The van der Waals surface area contributed by atoms with Gasteiger partial charge in [-0.1, -0.05) is 105 Å². The number of urea groups is 1. The Morgan fingerprint density at radius 3 is 2.04 bits per heavy atom. The van der Waals surface area contributed by atoms with E-state index in [0.717, 1.165) is 19.1 Å². The zero-order valence-corrected chi connectivity index (χ0v) is 43.6. The Hall–Kier alpha value is -8.67. The van der Waals surface area contributed by atoms with Crippen molar-refractivity contribution in [1.29, 1.82) is 0 Å². The number of hydrogen-bond acceptors (Lipinski definition) is 17. The number of aromatic nitrogens is 2. The quantitative estimate of drug-likeness (QED) is 0.0675. The molecule has 0 bridgehead atoms. The average Bonchev–Trinajstić information content (AvgIpc) is 2.60. The monoisotopic (exact) mass is 1060 g/mol. The minimum absolute atomic E-state index is 0.00380. The second-order valence-electron chi connectivity index (χ2n) is 19.4. The minimum Gasteiger partial charge on any atom is -0.491 e. The molecule has 9 rings (SSSR count). The van der Waals surface area contributed by atoms with Gasteiger partial charge in [-0.15, -0.1) is 0 Å². The number of amides is 4. The number of carbonyl (C=O) groups is 7. The lowest BCUT2D eigenvalue weighted by atomic mass is 9.64. The molecule has 1 aromatic heterocycles. The number of aliphatic hydroxyl groups excluding tert-OH is 1. The normalized spacial score (nSPS) is 21.9. The van der Waals surface area contributed by atoms with Crippen molar-refractivity contribution in [2.45, 2.75) is 56.0 Å². The van der Waals surface area contributed by atoms with Gasteiger partial charge in [0.15, 0.2) is 5.92 Å². The molecule has 4 aromatic carbocycles. The third-order valence-electron chi connectivity index (χ3n) is 14.8. The van der Waals surface area contributed by atoms with Crippen molar-refractivity contribution in [1.82, 2.24) is 25.1 Å². The first-order chi connectivity index (χ1) is 37.8. The molecule has 3 fully saturated rings. The number of nitrogens with zero attached hydrogens (tertiary/aromatic N) is 6. The number of rotatable bonds is 14. The van der Waals surface area contributed by atoms with Gasteiger partial charge < -0.3 is 43.9 Å². The molecule has 78 heavy (non-hydrogen) atoms. The van der Waals surface area contributed by atoms with Gasteiger partial charge in [-0.05, 0) is 52.9 Å². The second kappa shape index (κ2) is 23.3. The molecular formula is C58H59N7O13. The number of para-hydroxylation sites is 1. The van der Waals surface area contributed by atoms with Crippen LogP contribution >= 0.6 is 0 Å². The molecule has 5 aromatic rings. The third kappa shape index (κ3) is 9.86. The Kier molecular flexibility index (Phi) is 16.2. The van der Waals surface area contributed by atoms with Gasteiger partial charge in [0, 0.05) is 56.1 Å². The number of morpholine rings is 1. The van der Waals surface area contributed by atoms with Gasteiger partial charge in [-0.25, -0.2) is 24.5 Å². The fourth-order valence-corrected chi connectivity index (χ4v) is 11.3. The molecule has 404 valence electrons. The minimum atomic E-state index is -2.28. The molecule has 7 atom stereocenters. The van der Waals surface area contributed by atoms with E-state index in [-0.39, 0.29) is 61.8 Å². The number of anilines is 2. The zero-order valence-electron chi connectivity index (χ0n) is 43.6. The standard InChI is InChI=1S/C58H59N7O13/c1-35(2)45(53(70)76-5)61-57(73)64-42-25-24-36(16-14-22-40(51(68)74-3)52(69)75-4)34-41(42)58(55(64)72)44(50(67)62-28-30-63(31-29-62)56-59-26-15-27-60-56)47-54(71)78-48(38-19-10-7-11-20-38)46(37-17-8-6-9-18-37)65(47)49(58)39-21-12-13-23-43(39)77-33-32-66/h6-13,15,17-21,23-27,34-35,40,44-49,66H,22,28-33H2,1-5H3,(H,61,73)/t44-,45-,46-,47-,48+,49+,58-/m0/s1. The Bertz CT molecular complexity index is 3110. The van der Waals surface area contributed by atoms with E-state index in [1.165, 1.54) is 19.2 Å². The Labute approximate surface area is 450 Å². The van der Waals surface area contributed by atoms with Crippen molar-refractivity contribution in [3.8, 4) is 17.6 Å². The summed E-state index contributed by atoms with van der Waals surface area (Å²) in [5.41, 5.74) is -0.344. The van der Waals surface area contributed by atoms with Gasteiger partial charge in [0.2, 0.25) is 17.8 Å². The summed E-state index contributed by atoms with van der Waals surface area (Å²) in [6.45, 7) is 3.58. The first-order valence-electron chi connectivity index (χ1n) is 25.5. The van der Waals surface area contributed by atoms with Crippen LogP contribution in [0.3, 0.4) is 0 Å². The summed E-state index contributed by atoms with van der Waals surface area (Å²) < 4.78 is 27.9. The SMILES string of the molecule is COC(=O)C(CC#Cc1ccc2c(c1)[C@]1(C(=O)N2C(=O)N[C@H](C(=O)OC)C(C)C)[C@H](C(=O)N2CCN(c3ncccn3)CC2)[C@H]2C(=O)O[C@H](c3ccccc3)[C@H](c3ccccc3)N2[C@@H]1c1ccccc1OCCO)C(=O)OC. The van der Waals surface area contributed by atoms with E-state index < -0.39 is 102 Å². The molecule has 20 nitrogen and oxygen atoms in total. The summed E-state index contributed by atoms with van der Waals surface area (Å²) in [6, 6.07) is 25.4. The molecule has 0 saturated carbocycles.